The Balaban J connectivity index is 1.85. The van der Waals surface area contributed by atoms with Gasteiger partial charge < -0.3 is 0 Å². The molecule has 0 amide bonds. The third kappa shape index (κ3) is 3.57. The number of Topliss-reactive ketones (excluding diaryl/α,β-unsaturated/α-hetero) is 2. The highest BCUT2D eigenvalue weighted by atomic mass is 32.2. The van der Waals surface area contributed by atoms with Gasteiger partial charge in [0.2, 0.25) is 5.78 Å². The minimum Gasteiger partial charge on any atom is -0.289 e. The maximum absolute atomic E-state index is 13.2. The summed E-state index contributed by atoms with van der Waals surface area (Å²) in [5.41, 5.74) is 1.78. The lowest BCUT2D eigenvalue weighted by Gasteiger charge is -2.22. The number of hydrogen-bond acceptors (Lipinski definition) is 4. The third-order valence-electron chi connectivity index (χ3n) is 5.06. The van der Waals surface area contributed by atoms with Crippen molar-refractivity contribution in [3.05, 3.63) is 112 Å². The molecule has 0 aliphatic heterocycles. The summed E-state index contributed by atoms with van der Waals surface area (Å²) in [6.07, 6.45) is 0.144. The van der Waals surface area contributed by atoms with E-state index in [9.17, 15) is 18.0 Å². The number of rotatable bonds is 5. The van der Waals surface area contributed by atoms with E-state index in [1.807, 2.05) is 30.3 Å². The Bertz CT molecular complexity index is 1290. The lowest BCUT2D eigenvalue weighted by Crippen LogP contribution is -2.35. The maximum atomic E-state index is 13.2. The summed E-state index contributed by atoms with van der Waals surface area (Å²) in [5, 5.41) is 0. The van der Waals surface area contributed by atoms with Crippen molar-refractivity contribution in [1.29, 1.82) is 0 Å². The molecule has 1 N–H and O–H groups in total. The van der Waals surface area contributed by atoms with E-state index >= 15 is 0 Å². The van der Waals surface area contributed by atoms with Gasteiger partial charge in [0, 0.05) is 23.1 Å². The van der Waals surface area contributed by atoms with E-state index in [4.69, 9.17) is 0 Å². The van der Waals surface area contributed by atoms with Gasteiger partial charge in [0.1, 0.15) is 5.70 Å². The van der Waals surface area contributed by atoms with Gasteiger partial charge in [-0.05, 0) is 24.1 Å². The van der Waals surface area contributed by atoms with Crippen LogP contribution in [0.5, 0.6) is 0 Å². The van der Waals surface area contributed by atoms with Crippen LogP contribution < -0.4 is 4.72 Å². The third-order valence-corrected chi connectivity index (χ3v) is 6.57. The van der Waals surface area contributed by atoms with Gasteiger partial charge in [-0.1, -0.05) is 72.8 Å². The molecule has 5 nitrogen and oxygen atoms in total. The first-order valence-corrected chi connectivity index (χ1v) is 10.9. The molecular weight excluding hydrogens is 398 g/mol. The molecule has 0 saturated heterocycles. The topological polar surface area (TPSA) is 80.3 Å². The van der Waals surface area contributed by atoms with Gasteiger partial charge >= 0.3 is 0 Å². The summed E-state index contributed by atoms with van der Waals surface area (Å²) in [6.45, 7) is 1.68. The van der Waals surface area contributed by atoms with Gasteiger partial charge in [-0.25, -0.2) is 8.42 Å². The Morgan fingerprint density at radius 3 is 1.97 bits per heavy atom. The molecule has 0 spiro atoms. The van der Waals surface area contributed by atoms with Crippen molar-refractivity contribution in [3.8, 4) is 0 Å². The fourth-order valence-electron chi connectivity index (χ4n) is 3.55. The predicted octanol–water partition coefficient (Wildman–Crippen LogP) is 3.85. The van der Waals surface area contributed by atoms with Gasteiger partial charge in [0.25, 0.3) is 10.0 Å². The van der Waals surface area contributed by atoms with E-state index in [0.717, 1.165) is 5.56 Å². The number of hydrogen-bond donors (Lipinski definition) is 1. The second-order valence-corrected chi connectivity index (χ2v) is 8.74. The van der Waals surface area contributed by atoms with Crippen molar-refractivity contribution < 1.29 is 18.0 Å². The number of fused-ring (bicyclic) bond motifs is 1. The van der Waals surface area contributed by atoms with Crippen LogP contribution in [0.3, 0.4) is 0 Å². The summed E-state index contributed by atoms with van der Waals surface area (Å²) < 4.78 is 28.6. The summed E-state index contributed by atoms with van der Waals surface area (Å²) in [4.78, 5) is 26.5. The molecule has 0 fully saturated rings. The molecule has 1 aliphatic rings. The van der Waals surface area contributed by atoms with Crippen molar-refractivity contribution in [2.75, 3.05) is 0 Å². The van der Waals surface area contributed by atoms with Crippen LogP contribution in [0.25, 0.3) is 0 Å². The van der Waals surface area contributed by atoms with E-state index in [0.29, 0.717) is 5.56 Å². The van der Waals surface area contributed by atoms with Crippen molar-refractivity contribution >= 4 is 21.6 Å². The first kappa shape index (κ1) is 19.8. The molecule has 3 aromatic rings. The monoisotopic (exact) mass is 417 g/mol. The van der Waals surface area contributed by atoms with Crippen LogP contribution >= 0.6 is 0 Å². The largest absolute Gasteiger partial charge is 0.289 e. The van der Waals surface area contributed by atoms with Crippen LogP contribution in [-0.2, 0) is 16.4 Å². The second-order valence-electron chi connectivity index (χ2n) is 7.09. The van der Waals surface area contributed by atoms with Crippen LogP contribution in [0.15, 0.2) is 95.0 Å². The van der Waals surface area contributed by atoms with E-state index in [2.05, 4.69) is 4.72 Å². The second kappa shape index (κ2) is 7.72. The number of sulfonamides is 1. The molecule has 0 atom stereocenters. The van der Waals surface area contributed by atoms with Crippen LogP contribution in [-0.4, -0.2) is 20.0 Å². The molecule has 0 saturated carbocycles. The quantitative estimate of drug-likeness (QED) is 0.684. The molecule has 3 aromatic carbocycles. The van der Waals surface area contributed by atoms with Crippen LogP contribution in [0.1, 0.15) is 31.8 Å². The number of aryl methyl sites for hydroxylation is 1. The molecule has 0 aromatic heterocycles. The number of allylic oxidation sites excluding steroid dienone is 2. The Kier molecular flexibility index (Phi) is 5.10. The summed E-state index contributed by atoms with van der Waals surface area (Å²) in [7, 11) is -4.06. The maximum Gasteiger partial charge on any atom is 0.262 e. The predicted molar refractivity (Wildman–Crippen MR) is 114 cm³/mol. The smallest absolute Gasteiger partial charge is 0.262 e. The van der Waals surface area contributed by atoms with Crippen LogP contribution in [0.2, 0.25) is 0 Å². The molecule has 150 valence electrons. The molecule has 1 aliphatic carbocycles. The van der Waals surface area contributed by atoms with Crippen molar-refractivity contribution in [2.24, 2.45) is 0 Å². The summed E-state index contributed by atoms with van der Waals surface area (Å²) in [6, 6.07) is 22.1. The van der Waals surface area contributed by atoms with Gasteiger partial charge in [-0.15, -0.1) is 0 Å². The normalized spacial score (nSPS) is 13.9. The highest BCUT2D eigenvalue weighted by molar-refractivity contribution is 7.89. The van der Waals surface area contributed by atoms with E-state index in [1.165, 1.54) is 12.1 Å². The lowest BCUT2D eigenvalue weighted by atomic mass is 9.85. The Hall–Kier alpha value is -3.51. The molecule has 0 unspecified atom stereocenters. The lowest BCUT2D eigenvalue weighted by molar-refractivity contribution is 0.0969. The molecule has 0 bridgehead atoms. The Morgan fingerprint density at radius 1 is 0.733 bits per heavy atom. The van der Waals surface area contributed by atoms with Crippen molar-refractivity contribution in [2.45, 2.75) is 18.2 Å². The zero-order valence-corrected chi connectivity index (χ0v) is 17.1. The van der Waals surface area contributed by atoms with Gasteiger partial charge in [-0.2, -0.15) is 0 Å². The fourth-order valence-corrected chi connectivity index (χ4v) is 4.90. The van der Waals surface area contributed by atoms with Gasteiger partial charge in [0.15, 0.2) is 5.78 Å². The molecule has 0 radical (unpaired) electrons. The zero-order valence-electron chi connectivity index (χ0n) is 16.3. The first-order valence-electron chi connectivity index (χ1n) is 9.42. The molecule has 6 heteroatoms. The Morgan fingerprint density at radius 2 is 1.30 bits per heavy atom. The van der Waals surface area contributed by atoms with Crippen molar-refractivity contribution in [3.63, 3.8) is 0 Å². The minimum absolute atomic E-state index is 0.0654. The number of carbonyl (C=O) groups excluding carboxylic acids is 2. The average molecular weight is 417 g/mol. The zero-order chi connectivity index (χ0) is 21.3. The first-order chi connectivity index (χ1) is 14.4. The van der Waals surface area contributed by atoms with E-state index in [-0.39, 0.29) is 39.5 Å². The highest BCUT2D eigenvalue weighted by Gasteiger charge is 2.34. The number of ketones is 2. The minimum atomic E-state index is -4.06. The van der Waals surface area contributed by atoms with Crippen LogP contribution in [0, 0.1) is 6.92 Å². The van der Waals surface area contributed by atoms with Gasteiger partial charge in [-0.3, -0.25) is 14.3 Å². The number of benzene rings is 3. The number of nitrogens with one attached hydrogen (secondary N) is 1. The molecule has 30 heavy (non-hydrogen) atoms. The van der Waals surface area contributed by atoms with Crippen LogP contribution in [0.4, 0.5) is 0 Å². The molecule has 4 rings (SSSR count). The molecule has 0 heterocycles. The SMILES string of the molecule is Cc1ccccc1S(=O)(=O)NC1=C(Cc2ccccc2)C(=O)c2ccccc2C1=O. The highest BCUT2D eigenvalue weighted by Crippen LogP contribution is 2.29. The number of carbonyl (C=O) groups is 2. The average Bonchev–Trinajstić information content (AvgIpc) is 2.75. The van der Waals surface area contributed by atoms with Crippen molar-refractivity contribution in [1.82, 2.24) is 4.72 Å². The van der Waals surface area contributed by atoms with Gasteiger partial charge in [0.05, 0.1) is 4.90 Å². The van der Waals surface area contributed by atoms with E-state index in [1.54, 1.807) is 43.3 Å². The Labute approximate surface area is 175 Å². The molecular formula is C24H19NO4S. The van der Waals surface area contributed by atoms with E-state index < -0.39 is 15.8 Å². The summed E-state index contributed by atoms with van der Waals surface area (Å²) >= 11 is 0. The summed E-state index contributed by atoms with van der Waals surface area (Å²) in [5.74, 6) is -0.857. The fraction of sp³-hybridized carbons (Fsp3) is 0.0833. The standard InChI is InChI=1S/C24H19NO4S/c1-16-9-5-8-14-21(16)30(28,29)25-22-20(15-17-10-3-2-4-11-17)23(26)18-12-6-7-13-19(18)24(22)27/h2-14,25H,15H2,1H3.